The van der Waals surface area contributed by atoms with E-state index in [4.69, 9.17) is 9.47 Å². The van der Waals surface area contributed by atoms with Crippen molar-refractivity contribution in [1.29, 1.82) is 0 Å². The number of nitrogens with one attached hydrogen (secondary N) is 1. The minimum Gasteiger partial charge on any atom is -0.454 e. The quantitative estimate of drug-likeness (QED) is 0.881. The van der Waals surface area contributed by atoms with Crippen LogP contribution in [-0.4, -0.2) is 17.7 Å². The molecule has 3 rings (SSSR count). The van der Waals surface area contributed by atoms with Gasteiger partial charge in [-0.1, -0.05) is 6.07 Å². The van der Waals surface area contributed by atoms with Crippen LogP contribution < -0.4 is 14.8 Å². The SMILES string of the molecule is CC(NC(=O)C=Cc1ccc2c(c1)OCO2)c1ccncc1. The number of amides is 1. The van der Waals surface area contributed by atoms with Crippen LogP contribution in [0.3, 0.4) is 0 Å². The molecule has 0 aliphatic carbocycles. The predicted octanol–water partition coefficient (Wildman–Crippen LogP) is 2.70. The van der Waals surface area contributed by atoms with Crippen molar-refractivity contribution in [2.45, 2.75) is 13.0 Å². The summed E-state index contributed by atoms with van der Waals surface area (Å²) in [7, 11) is 0. The van der Waals surface area contributed by atoms with Crippen molar-refractivity contribution in [3.8, 4) is 11.5 Å². The highest BCUT2D eigenvalue weighted by molar-refractivity contribution is 5.92. The minimum atomic E-state index is -0.151. The highest BCUT2D eigenvalue weighted by Gasteiger charge is 2.12. The number of rotatable bonds is 4. The maximum atomic E-state index is 12.0. The molecule has 5 nitrogen and oxygen atoms in total. The van der Waals surface area contributed by atoms with Gasteiger partial charge in [-0.25, -0.2) is 0 Å². The van der Waals surface area contributed by atoms with Crippen LogP contribution in [-0.2, 0) is 4.79 Å². The molecule has 2 heterocycles. The molecule has 1 amide bonds. The Morgan fingerprint density at radius 3 is 2.82 bits per heavy atom. The molecule has 1 aliphatic heterocycles. The zero-order valence-corrected chi connectivity index (χ0v) is 12.2. The van der Waals surface area contributed by atoms with Crippen LogP contribution in [0.5, 0.6) is 11.5 Å². The Morgan fingerprint density at radius 1 is 1.23 bits per heavy atom. The number of pyridine rings is 1. The molecule has 1 atom stereocenters. The maximum Gasteiger partial charge on any atom is 0.244 e. The molecule has 1 aromatic carbocycles. The van der Waals surface area contributed by atoms with Crippen molar-refractivity contribution < 1.29 is 14.3 Å². The summed E-state index contributed by atoms with van der Waals surface area (Å²) in [5, 5.41) is 2.91. The van der Waals surface area contributed by atoms with Gasteiger partial charge >= 0.3 is 0 Å². The first-order chi connectivity index (χ1) is 10.7. The van der Waals surface area contributed by atoms with E-state index in [1.54, 1.807) is 18.5 Å². The third kappa shape index (κ3) is 3.25. The van der Waals surface area contributed by atoms with E-state index < -0.39 is 0 Å². The van der Waals surface area contributed by atoms with Crippen LogP contribution in [0.1, 0.15) is 24.1 Å². The topological polar surface area (TPSA) is 60.5 Å². The number of benzene rings is 1. The number of aromatic nitrogens is 1. The molecule has 0 saturated carbocycles. The van der Waals surface area contributed by atoms with Crippen LogP contribution >= 0.6 is 0 Å². The lowest BCUT2D eigenvalue weighted by Crippen LogP contribution is -2.24. The fraction of sp³-hybridized carbons (Fsp3) is 0.176. The lowest BCUT2D eigenvalue weighted by molar-refractivity contribution is -0.117. The summed E-state index contributed by atoms with van der Waals surface area (Å²) in [6.45, 7) is 2.17. The summed E-state index contributed by atoms with van der Waals surface area (Å²) >= 11 is 0. The molecular formula is C17H16N2O3. The van der Waals surface area contributed by atoms with Crippen molar-refractivity contribution >= 4 is 12.0 Å². The Kier molecular flexibility index (Phi) is 4.05. The second-order valence-corrected chi connectivity index (χ2v) is 4.96. The van der Waals surface area contributed by atoms with Crippen molar-refractivity contribution in [3.05, 3.63) is 59.9 Å². The lowest BCUT2D eigenvalue weighted by Gasteiger charge is -2.12. The highest BCUT2D eigenvalue weighted by atomic mass is 16.7. The van der Waals surface area contributed by atoms with Gasteiger partial charge in [0.05, 0.1) is 6.04 Å². The Bertz CT molecular complexity index is 698. The van der Waals surface area contributed by atoms with E-state index in [1.165, 1.54) is 6.08 Å². The molecule has 2 aromatic rings. The number of carbonyl (C=O) groups is 1. The highest BCUT2D eigenvalue weighted by Crippen LogP contribution is 2.32. The van der Waals surface area contributed by atoms with Crippen molar-refractivity contribution in [1.82, 2.24) is 10.3 Å². The first kappa shape index (κ1) is 14.1. The number of ether oxygens (including phenoxy) is 2. The molecule has 0 radical (unpaired) electrons. The molecule has 22 heavy (non-hydrogen) atoms. The predicted molar refractivity (Wildman–Crippen MR) is 82.4 cm³/mol. The van der Waals surface area contributed by atoms with Gasteiger partial charge in [0.25, 0.3) is 0 Å². The Labute approximate surface area is 128 Å². The van der Waals surface area contributed by atoms with Crippen LogP contribution in [0.15, 0.2) is 48.8 Å². The number of carbonyl (C=O) groups excluding carboxylic acids is 1. The van der Waals surface area contributed by atoms with Crippen LogP contribution in [0, 0.1) is 0 Å². The number of fused-ring (bicyclic) bond motifs is 1. The minimum absolute atomic E-state index is 0.0723. The Balaban J connectivity index is 1.62. The molecule has 0 fully saturated rings. The van der Waals surface area contributed by atoms with Crippen LogP contribution in [0.2, 0.25) is 0 Å². The van der Waals surface area contributed by atoms with Gasteiger partial charge in [-0.05, 0) is 48.4 Å². The molecule has 1 aliphatic rings. The standard InChI is InChI=1S/C17H16N2O3/c1-12(14-6-8-18-9-7-14)19-17(20)5-3-13-2-4-15-16(10-13)22-11-21-15/h2-10,12H,11H2,1H3,(H,19,20). The summed E-state index contributed by atoms with van der Waals surface area (Å²) in [6, 6.07) is 9.25. The molecule has 0 spiro atoms. The second kappa shape index (κ2) is 6.30. The zero-order chi connectivity index (χ0) is 15.4. The first-order valence-electron chi connectivity index (χ1n) is 7.00. The van der Waals surface area contributed by atoms with E-state index in [-0.39, 0.29) is 18.7 Å². The van der Waals surface area contributed by atoms with E-state index in [1.807, 2.05) is 37.3 Å². The summed E-state index contributed by atoms with van der Waals surface area (Å²) in [5.74, 6) is 1.28. The summed E-state index contributed by atoms with van der Waals surface area (Å²) in [5.41, 5.74) is 1.90. The monoisotopic (exact) mass is 296 g/mol. The van der Waals surface area contributed by atoms with Crippen molar-refractivity contribution in [2.24, 2.45) is 0 Å². The molecular weight excluding hydrogens is 280 g/mol. The fourth-order valence-electron chi connectivity index (χ4n) is 2.19. The summed E-state index contributed by atoms with van der Waals surface area (Å²) in [4.78, 5) is 15.9. The van der Waals surface area contributed by atoms with Gasteiger partial charge < -0.3 is 14.8 Å². The maximum absolute atomic E-state index is 12.0. The lowest BCUT2D eigenvalue weighted by atomic mass is 10.1. The average molecular weight is 296 g/mol. The van der Waals surface area contributed by atoms with Gasteiger partial charge in [-0.15, -0.1) is 0 Å². The van der Waals surface area contributed by atoms with E-state index in [2.05, 4.69) is 10.3 Å². The number of hydrogen-bond donors (Lipinski definition) is 1. The fourth-order valence-corrected chi connectivity index (χ4v) is 2.19. The number of nitrogens with zero attached hydrogens (tertiary/aromatic N) is 1. The van der Waals surface area contributed by atoms with E-state index in [0.717, 1.165) is 16.9 Å². The molecule has 0 saturated heterocycles. The van der Waals surface area contributed by atoms with Gasteiger partial charge in [-0.3, -0.25) is 9.78 Å². The number of hydrogen-bond acceptors (Lipinski definition) is 4. The second-order valence-electron chi connectivity index (χ2n) is 4.96. The van der Waals surface area contributed by atoms with Crippen LogP contribution in [0.25, 0.3) is 6.08 Å². The van der Waals surface area contributed by atoms with Gasteiger partial charge in [-0.2, -0.15) is 0 Å². The first-order valence-corrected chi connectivity index (χ1v) is 7.00. The van der Waals surface area contributed by atoms with E-state index in [0.29, 0.717) is 5.75 Å². The molecule has 112 valence electrons. The molecule has 1 N–H and O–H groups in total. The molecule has 5 heteroatoms. The molecule has 0 bridgehead atoms. The largest absolute Gasteiger partial charge is 0.454 e. The average Bonchev–Trinajstić information content (AvgIpc) is 3.01. The van der Waals surface area contributed by atoms with Gasteiger partial charge in [0, 0.05) is 18.5 Å². The Morgan fingerprint density at radius 2 is 2.00 bits per heavy atom. The third-order valence-corrected chi connectivity index (χ3v) is 3.39. The van der Waals surface area contributed by atoms with Crippen LogP contribution in [0.4, 0.5) is 0 Å². The van der Waals surface area contributed by atoms with Gasteiger partial charge in [0.2, 0.25) is 12.7 Å². The summed E-state index contributed by atoms with van der Waals surface area (Å²) in [6.07, 6.45) is 6.67. The van der Waals surface area contributed by atoms with E-state index >= 15 is 0 Å². The van der Waals surface area contributed by atoms with E-state index in [9.17, 15) is 4.79 Å². The smallest absolute Gasteiger partial charge is 0.244 e. The van der Waals surface area contributed by atoms with Gasteiger partial charge in [0.15, 0.2) is 11.5 Å². The zero-order valence-electron chi connectivity index (χ0n) is 12.2. The normalized spacial score (nSPS) is 14.0. The van der Waals surface area contributed by atoms with Crippen molar-refractivity contribution in [3.63, 3.8) is 0 Å². The molecule has 1 unspecified atom stereocenters. The summed E-state index contributed by atoms with van der Waals surface area (Å²) < 4.78 is 10.6. The molecule has 1 aromatic heterocycles. The Hall–Kier alpha value is -2.82. The van der Waals surface area contributed by atoms with Crippen molar-refractivity contribution in [2.75, 3.05) is 6.79 Å². The van der Waals surface area contributed by atoms with Gasteiger partial charge in [0.1, 0.15) is 0 Å². The third-order valence-electron chi connectivity index (χ3n) is 3.39.